The molecule has 106 valence electrons. The normalized spacial score (nSPS) is 10.4. The summed E-state index contributed by atoms with van der Waals surface area (Å²) in [6, 6.07) is 5.65. The third-order valence-corrected chi connectivity index (χ3v) is 2.75. The molecule has 0 aromatic heterocycles. The molecule has 0 bridgehead atoms. The number of methoxy groups -OCH3 is 1. The molecule has 3 nitrogen and oxygen atoms in total. The molecule has 20 heavy (non-hydrogen) atoms. The van der Waals surface area contributed by atoms with Crippen LogP contribution in [0.4, 0.5) is 18.9 Å². The van der Waals surface area contributed by atoms with Gasteiger partial charge < -0.3 is 15.2 Å². The highest BCUT2D eigenvalue weighted by atomic mass is 19.1. The lowest BCUT2D eigenvalue weighted by molar-refractivity contribution is 0.411. The van der Waals surface area contributed by atoms with E-state index in [0.717, 1.165) is 0 Å². The number of rotatable bonds is 4. The average molecular weight is 283 g/mol. The number of nitrogens with one attached hydrogen (secondary N) is 1. The molecule has 0 radical (unpaired) electrons. The predicted molar refractivity (Wildman–Crippen MR) is 68.3 cm³/mol. The lowest BCUT2D eigenvalue weighted by Crippen LogP contribution is -2.05. The molecule has 0 aliphatic carbocycles. The second kappa shape index (κ2) is 5.73. The molecule has 0 spiro atoms. The van der Waals surface area contributed by atoms with Crippen molar-refractivity contribution >= 4 is 5.69 Å². The summed E-state index contributed by atoms with van der Waals surface area (Å²) >= 11 is 0. The molecule has 2 rings (SSSR count). The highest BCUT2D eigenvalue weighted by molar-refractivity contribution is 5.48. The number of anilines is 1. The van der Waals surface area contributed by atoms with Crippen LogP contribution in [0.15, 0.2) is 30.3 Å². The minimum Gasteiger partial charge on any atom is -0.508 e. The molecule has 0 aliphatic heterocycles. The Kier molecular flexibility index (Phi) is 4.02. The van der Waals surface area contributed by atoms with Crippen LogP contribution in [0.25, 0.3) is 0 Å². The summed E-state index contributed by atoms with van der Waals surface area (Å²) in [7, 11) is 1.46. The lowest BCUT2D eigenvalue weighted by Gasteiger charge is -2.11. The molecule has 0 saturated heterocycles. The van der Waals surface area contributed by atoms with Crippen LogP contribution in [0, 0.1) is 17.5 Å². The van der Waals surface area contributed by atoms with Gasteiger partial charge in [0, 0.05) is 24.2 Å². The first-order valence-corrected chi connectivity index (χ1v) is 5.75. The van der Waals surface area contributed by atoms with E-state index in [2.05, 4.69) is 5.32 Å². The summed E-state index contributed by atoms with van der Waals surface area (Å²) in [6.45, 7) is -0.0392. The molecule has 0 atom stereocenters. The van der Waals surface area contributed by atoms with Crippen LogP contribution < -0.4 is 10.1 Å². The van der Waals surface area contributed by atoms with Gasteiger partial charge in [0.1, 0.15) is 23.0 Å². The zero-order chi connectivity index (χ0) is 14.7. The Balaban J connectivity index is 2.21. The first kappa shape index (κ1) is 14.0. The second-order valence-electron chi connectivity index (χ2n) is 4.09. The van der Waals surface area contributed by atoms with Gasteiger partial charge in [0.25, 0.3) is 0 Å². The molecule has 2 N–H and O–H groups in total. The summed E-state index contributed by atoms with van der Waals surface area (Å²) in [4.78, 5) is 0. The third-order valence-electron chi connectivity index (χ3n) is 2.75. The van der Waals surface area contributed by atoms with Crippen molar-refractivity contribution in [1.82, 2.24) is 0 Å². The molecule has 2 aromatic rings. The highest BCUT2D eigenvalue weighted by Gasteiger charge is 2.12. The largest absolute Gasteiger partial charge is 0.508 e. The number of benzene rings is 2. The molecule has 0 amide bonds. The van der Waals surface area contributed by atoms with Crippen molar-refractivity contribution in [2.75, 3.05) is 12.4 Å². The number of aromatic hydroxyl groups is 1. The van der Waals surface area contributed by atoms with Gasteiger partial charge in [-0.3, -0.25) is 0 Å². The summed E-state index contributed by atoms with van der Waals surface area (Å²) in [6.07, 6.45) is 0. The van der Waals surface area contributed by atoms with E-state index in [1.54, 1.807) is 6.07 Å². The Hall–Kier alpha value is -2.37. The second-order valence-corrected chi connectivity index (χ2v) is 4.09. The molecular weight excluding hydrogens is 271 g/mol. The van der Waals surface area contributed by atoms with Gasteiger partial charge in [-0.05, 0) is 18.2 Å². The predicted octanol–water partition coefficient (Wildman–Crippen LogP) is 3.43. The highest BCUT2D eigenvalue weighted by Crippen LogP contribution is 2.25. The Morgan fingerprint density at radius 3 is 2.35 bits per heavy atom. The number of phenols is 1. The first-order valence-electron chi connectivity index (χ1n) is 5.75. The smallest absolute Gasteiger partial charge is 0.152 e. The van der Waals surface area contributed by atoms with Crippen LogP contribution in [0.5, 0.6) is 11.5 Å². The fourth-order valence-corrected chi connectivity index (χ4v) is 1.73. The van der Waals surface area contributed by atoms with Crippen LogP contribution in [0.1, 0.15) is 5.56 Å². The number of phenolic OH excluding ortho intramolecular Hbond substituents is 1. The molecule has 0 aliphatic rings. The molecule has 0 heterocycles. The number of hydrogen-bond acceptors (Lipinski definition) is 3. The van der Waals surface area contributed by atoms with E-state index < -0.39 is 23.1 Å². The summed E-state index contributed by atoms with van der Waals surface area (Å²) < 4.78 is 44.6. The van der Waals surface area contributed by atoms with Crippen LogP contribution in [-0.2, 0) is 6.54 Å². The minimum absolute atomic E-state index is 0.0392. The fourth-order valence-electron chi connectivity index (χ4n) is 1.73. The van der Waals surface area contributed by atoms with E-state index in [1.807, 2.05) is 0 Å². The SMILES string of the molecule is COc1ccc(O)c(CNc2c(F)cc(F)cc2F)c1. The van der Waals surface area contributed by atoms with Crippen LogP contribution >= 0.6 is 0 Å². The number of hydrogen-bond donors (Lipinski definition) is 2. The summed E-state index contributed by atoms with van der Waals surface area (Å²) in [5.41, 5.74) is -0.0545. The molecule has 2 aromatic carbocycles. The summed E-state index contributed by atoms with van der Waals surface area (Å²) in [5.74, 6) is -2.61. The molecule has 6 heteroatoms. The number of ether oxygens (including phenoxy) is 1. The zero-order valence-corrected chi connectivity index (χ0v) is 10.6. The topological polar surface area (TPSA) is 41.5 Å². The monoisotopic (exact) mass is 283 g/mol. The first-order chi connectivity index (χ1) is 9.51. The van der Waals surface area contributed by atoms with Gasteiger partial charge in [0.05, 0.1) is 7.11 Å². The van der Waals surface area contributed by atoms with Gasteiger partial charge in [-0.1, -0.05) is 0 Å². The van der Waals surface area contributed by atoms with Crippen molar-refractivity contribution in [2.45, 2.75) is 6.54 Å². The Morgan fingerprint density at radius 2 is 1.75 bits per heavy atom. The molecule has 0 unspecified atom stereocenters. The van der Waals surface area contributed by atoms with E-state index in [0.29, 0.717) is 23.4 Å². The Bertz CT molecular complexity index is 609. The van der Waals surface area contributed by atoms with Gasteiger partial charge in [-0.2, -0.15) is 0 Å². The van der Waals surface area contributed by atoms with Crippen molar-refractivity contribution in [2.24, 2.45) is 0 Å². The van der Waals surface area contributed by atoms with Crippen molar-refractivity contribution in [3.63, 3.8) is 0 Å². The Labute approximate surface area is 113 Å². The van der Waals surface area contributed by atoms with E-state index in [1.165, 1.54) is 19.2 Å². The van der Waals surface area contributed by atoms with Crippen molar-refractivity contribution < 1.29 is 23.0 Å². The van der Waals surface area contributed by atoms with Gasteiger partial charge in [-0.25, -0.2) is 13.2 Å². The minimum atomic E-state index is -1.04. The van der Waals surface area contributed by atoms with Gasteiger partial charge in [0.2, 0.25) is 0 Å². The zero-order valence-electron chi connectivity index (χ0n) is 10.6. The fraction of sp³-hybridized carbons (Fsp3) is 0.143. The Morgan fingerprint density at radius 1 is 1.10 bits per heavy atom. The van der Waals surface area contributed by atoms with Crippen LogP contribution in [0.3, 0.4) is 0 Å². The van der Waals surface area contributed by atoms with E-state index in [-0.39, 0.29) is 12.3 Å². The standard InChI is InChI=1S/C14H12F3NO2/c1-20-10-2-3-13(19)8(4-10)7-18-14-11(16)5-9(15)6-12(14)17/h2-6,18-19H,7H2,1H3. The molecule has 0 saturated carbocycles. The van der Waals surface area contributed by atoms with Crippen molar-refractivity contribution in [3.8, 4) is 11.5 Å². The van der Waals surface area contributed by atoms with E-state index in [4.69, 9.17) is 4.74 Å². The number of halogens is 3. The molecule has 0 fully saturated rings. The summed E-state index contributed by atoms with van der Waals surface area (Å²) in [5, 5.41) is 12.1. The quantitative estimate of drug-likeness (QED) is 0.903. The van der Waals surface area contributed by atoms with Gasteiger partial charge in [0.15, 0.2) is 11.6 Å². The lowest BCUT2D eigenvalue weighted by atomic mass is 10.2. The van der Waals surface area contributed by atoms with Gasteiger partial charge >= 0.3 is 0 Å². The van der Waals surface area contributed by atoms with E-state index >= 15 is 0 Å². The van der Waals surface area contributed by atoms with Crippen LogP contribution in [-0.4, -0.2) is 12.2 Å². The van der Waals surface area contributed by atoms with Crippen molar-refractivity contribution in [1.29, 1.82) is 0 Å². The van der Waals surface area contributed by atoms with Crippen molar-refractivity contribution in [3.05, 3.63) is 53.3 Å². The van der Waals surface area contributed by atoms with E-state index in [9.17, 15) is 18.3 Å². The van der Waals surface area contributed by atoms with Crippen LogP contribution in [0.2, 0.25) is 0 Å². The maximum atomic E-state index is 13.4. The maximum absolute atomic E-state index is 13.4. The third kappa shape index (κ3) is 2.96. The molecular formula is C14H12F3NO2. The van der Waals surface area contributed by atoms with Gasteiger partial charge in [-0.15, -0.1) is 0 Å². The average Bonchev–Trinajstić information content (AvgIpc) is 2.39. The maximum Gasteiger partial charge on any atom is 0.152 e.